The molecule has 0 aliphatic carbocycles. The molecule has 0 spiro atoms. The number of hydrogen-bond acceptors (Lipinski definition) is 5. The molecule has 5 heteroatoms. The molecule has 0 radical (unpaired) electrons. The maximum absolute atomic E-state index is 10.9. The highest BCUT2D eigenvalue weighted by Crippen LogP contribution is 2.20. The molecular weight excluding hydrogens is 194 g/mol. The predicted octanol–water partition coefficient (Wildman–Crippen LogP) is 0.668. The Kier molecular flexibility index (Phi) is 3.11. The van der Waals surface area contributed by atoms with E-state index in [1.165, 1.54) is 6.92 Å². The molecule has 1 aliphatic rings. The van der Waals surface area contributed by atoms with Gasteiger partial charge in [-0.05, 0) is 26.3 Å². The van der Waals surface area contributed by atoms with Crippen molar-refractivity contribution in [3.63, 3.8) is 0 Å². The van der Waals surface area contributed by atoms with Crippen LogP contribution < -0.4 is 5.32 Å². The van der Waals surface area contributed by atoms with Gasteiger partial charge in [0.05, 0.1) is 6.42 Å². The SMILES string of the molecule is CC(=O)Cc1nc(C2CCCNC2)no1. The van der Waals surface area contributed by atoms with Crippen molar-refractivity contribution in [3.05, 3.63) is 11.7 Å². The number of piperidine rings is 1. The average molecular weight is 209 g/mol. The second kappa shape index (κ2) is 4.53. The summed E-state index contributed by atoms with van der Waals surface area (Å²) in [6.07, 6.45) is 2.47. The minimum absolute atomic E-state index is 0.0481. The number of hydrogen-bond donors (Lipinski definition) is 1. The second-order valence-electron chi connectivity index (χ2n) is 3.97. The molecule has 0 saturated carbocycles. The quantitative estimate of drug-likeness (QED) is 0.792. The van der Waals surface area contributed by atoms with Crippen LogP contribution in [0.2, 0.25) is 0 Å². The summed E-state index contributed by atoms with van der Waals surface area (Å²) in [5, 5.41) is 7.21. The van der Waals surface area contributed by atoms with Gasteiger partial charge in [-0.15, -0.1) is 0 Å². The van der Waals surface area contributed by atoms with Crippen LogP contribution in [0.3, 0.4) is 0 Å². The summed E-state index contributed by atoms with van der Waals surface area (Å²) in [6, 6.07) is 0. The molecule has 0 amide bonds. The number of carbonyl (C=O) groups excluding carboxylic acids is 1. The van der Waals surface area contributed by atoms with E-state index < -0.39 is 0 Å². The zero-order chi connectivity index (χ0) is 10.7. The smallest absolute Gasteiger partial charge is 0.234 e. The summed E-state index contributed by atoms with van der Waals surface area (Å²) in [4.78, 5) is 15.1. The average Bonchev–Trinajstić information content (AvgIpc) is 2.67. The molecule has 0 aromatic carbocycles. The molecule has 1 atom stereocenters. The van der Waals surface area contributed by atoms with Crippen LogP contribution in [0.5, 0.6) is 0 Å². The molecular formula is C10H15N3O2. The zero-order valence-corrected chi connectivity index (χ0v) is 8.82. The van der Waals surface area contributed by atoms with Gasteiger partial charge in [0.2, 0.25) is 5.89 Å². The van der Waals surface area contributed by atoms with Gasteiger partial charge in [0.15, 0.2) is 5.82 Å². The van der Waals surface area contributed by atoms with Crippen molar-refractivity contribution in [3.8, 4) is 0 Å². The van der Waals surface area contributed by atoms with Crippen LogP contribution in [0, 0.1) is 0 Å². The molecule has 1 N–H and O–H groups in total. The van der Waals surface area contributed by atoms with Crippen LogP contribution in [0.1, 0.15) is 37.4 Å². The molecule has 1 saturated heterocycles. The molecule has 1 aromatic heterocycles. The first-order valence-electron chi connectivity index (χ1n) is 5.28. The maximum Gasteiger partial charge on any atom is 0.234 e. The zero-order valence-electron chi connectivity index (χ0n) is 8.82. The third kappa shape index (κ3) is 2.62. The number of aromatic nitrogens is 2. The Morgan fingerprint density at radius 1 is 1.67 bits per heavy atom. The lowest BCUT2D eigenvalue weighted by molar-refractivity contribution is -0.116. The Hall–Kier alpha value is -1.23. The van der Waals surface area contributed by atoms with E-state index in [0.29, 0.717) is 11.8 Å². The predicted molar refractivity (Wildman–Crippen MR) is 53.5 cm³/mol. The number of Topliss-reactive ketones (excluding diaryl/α,β-unsaturated/α-hetero) is 1. The number of ketones is 1. The Morgan fingerprint density at radius 3 is 3.20 bits per heavy atom. The van der Waals surface area contributed by atoms with Gasteiger partial charge in [0, 0.05) is 12.5 Å². The van der Waals surface area contributed by atoms with Crippen molar-refractivity contribution in [2.24, 2.45) is 0 Å². The van der Waals surface area contributed by atoms with Gasteiger partial charge < -0.3 is 9.84 Å². The third-order valence-electron chi connectivity index (χ3n) is 2.55. The van der Waals surface area contributed by atoms with Gasteiger partial charge in [-0.3, -0.25) is 4.79 Å². The van der Waals surface area contributed by atoms with Crippen molar-refractivity contribution in [2.75, 3.05) is 13.1 Å². The Labute approximate surface area is 88.2 Å². The van der Waals surface area contributed by atoms with E-state index in [4.69, 9.17) is 4.52 Å². The van der Waals surface area contributed by atoms with E-state index in [0.717, 1.165) is 31.8 Å². The van der Waals surface area contributed by atoms with Gasteiger partial charge in [0.25, 0.3) is 0 Å². The Balaban J connectivity index is 2.02. The van der Waals surface area contributed by atoms with E-state index in [1.54, 1.807) is 0 Å². The molecule has 1 fully saturated rings. The summed E-state index contributed by atoms with van der Waals surface area (Å²) in [5.41, 5.74) is 0. The van der Waals surface area contributed by atoms with E-state index in [-0.39, 0.29) is 12.2 Å². The fourth-order valence-electron chi connectivity index (χ4n) is 1.79. The third-order valence-corrected chi connectivity index (χ3v) is 2.55. The highest BCUT2D eigenvalue weighted by molar-refractivity contribution is 5.77. The summed E-state index contributed by atoms with van der Waals surface area (Å²) < 4.78 is 5.02. The van der Waals surface area contributed by atoms with Crippen molar-refractivity contribution in [1.82, 2.24) is 15.5 Å². The van der Waals surface area contributed by atoms with Gasteiger partial charge in [-0.2, -0.15) is 4.98 Å². The van der Waals surface area contributed by atoms with Crippen LogP contribution >= 0.6 is 0 Å². The van der Waals surface area contributed by atoms with Crippen LogP contribution in [0.4, 0.5) is 0 Å². The minimum Gasteiger partial charge on any atom is -0.339 e. The molecule has 1 aromatic rings. The maximum atomic E-state index is 10.9. The molecule has 1 unspecified atom stereocenters. The van der Waals surface area contributed by atoms with E-state index in [2.05, 4.69) is 15.5 Å². The highest BCUT2D eigenvalue weighted by atomic mass is 16.5. The standard InChI is InChI=1S/C10H15N3O2/c1-7(14)5-9-12-10(13-15-9)8-3-2-4-11-6-8/h8,11H,2-6H2,1H3. The van der Waals surface area contributed by atoms with Crippen LogP contribution in [0.15, 0.2) is 4.52 Å². The van der Waals surface area contributed by atoms with Gasteiger partial charge in [-0.25, -0.2) is 0 Å². The lowest BCUT2D eigenvalue weighted by atomic mass is 9.99. The molecule has 15 heavy (non-hydrogen) atoms. The first-order valence-corrected chi connectivity index (χ1v) is 5.28. The topological polar surface area (TPSA) is 68.0 Å². The summed E-state index contributed by atoms with van der Waals surface area (Å²) in [5.74, 6) is 1.55. The first kappa shape index (κ1) is 10.3. The molecule has 0 bridgehead atoms. The molecule has 2 heterocycles. The number of carbonyl (C=O) groups is 1. The van der Waals surface area contributed by atoms with E-state index in [1.807, 2.05) is 0 Å². The molecule has 2 rings (SSSR count). The summed E-state index contributed by atoms with van der Waals surface area (Å²) >= 11 is 0. The monoisotopic (exact) mass is 209 g/mol. The Bertz CT molecular complexity index is 342. The summed E-state index contributed by atoms with van der Waals surface area (Å²) in [7, 11) is 0. The Morgan fingerprint density at radius 2 is 2.53 bits per heavy atom. The second-order valence-corrected chi connectivity index (χ2v) is 3.97. The highest BCUT2D eigenvalue weighted by Gasteiger charge is 2.20. The minimum atomic E-state index is 0.0481. The molecule has 5 nitrogen and oxygen atoms in total. The van der Waals surface area contributed by atoms with E-state index in [9.17, 15) is 4.79 Å². The van der Waals surface area contributed by atoms with Crippen LogP contribution in [0.25, 0.3) is 0 Å². The van der Waals surface area contributed by atoms with Crippen LogP contribution in [-0.4, -0.2) is 29.0 Å². The lowest BCUT2D eigenvalue weighted by Gasteiger charge is -2.19. The lowest BCUT2D eigenvalue weighted by Crippen LogP contribution is -2.28. The van der Waals surface area contributed by atoms with Crippen molar-refractivity contribution >= 4 is 5.78 Å². The van der Waals surface area contributed by atoms with Crippen LogP contribution in [-0.2, 0) is 11.2 Å². The van der Waals surface area contributed by atoms with Crippen molar-refractivity contribution in [2.45, 2.75) is 32.1 Å². The van der Waals surface area contributed by atoms with Gasteiger partial charge in [-0.1, -0.05) is 5.16 Å². The molecule has 1 aliphatic heterocycles. The number of nitrogens with one attached hydrogen (secondary N) is 1. The van der Waals surface area contributed by atoms with E-state index >= 15 is 0 Å². The first-order chi connectivity index (χ1) is 7.25. The molecule has 82 valence electrons. The van der Waals surface area contributed by atoms with Crippen molar-refractivity contribution in [1.29, 1.82) is 0 Å². The normalized spacial score (nSPS) is 21.5. The van der Waals surface area contributed by atoms with Crippen molar-refractivity contribution < 1.29 is 9.32 Å². The number of rotatable bonds is 3. The largest absolute Gasteiger partial charge is 0.339 e. The fraction of sp³-hybridized carbons (Fsp3) is 0.700. The van der Waals surface area contributed by atoms with Gasteiger partial charge >= 0.3 is 0 Å². The fourth-order valence-corrected chi connectivity index (χ4v) is 1.79. The number of nitrogens with zero attached hydrogens (tertiary/aromatic N) is 2. The van der Waals surface area contributed by atoms with Gasteiger partial charge in [0.1, 0.15) is 5.78 Å². The summed E-state index contributed by atoms with van der Waals surface area (Å²) in [6.45, 7) is 3.49.